The highest BCUT2D eigenvalue weighted by molar-refractivity contribution is 6.30. The van der Waals surface area contributed by atoms with Crippen molar-refractivity contribution >= 4 is 65.0 Å². The minimum atomic E-state index is -0.469. The van der Waals surface area contributed by atoms with E-state index in [9.17, 15) is 9.59 Å². The highest BCUT2D eigenvalue weighted by atomic mass is 35.5. The van der Waals surface area contributed by atoms with Gasteiger partial charge in [0.2, 0.25) is 11.8 Å². The predicted octanol–water partition coefficient (Wildman–Crippen LogP) is 5.26. The minimum Gasteiger partial charge on any atom is -0.367 e. The molecular formula is C30H35Cl3N6O2. The molecule has 3 heterocycles. The topological polar surface area (TPSA) is 107 Å². The number of pyridine rings is 1. The van der Waals surface area contributed by atoms with E-state index < -0.39 is 5.91 Å². The number of hydrogen-bond acceptors (Lipinski definition) is 5. The first kappa shape index (κ1) is 32.2. The number of primary amides is 1. The average Bonchev–Trinajstić information content (AvgIpc) is 3.42. The zero-order chi connectivity index (χ0) is 27.5. The minimum absolute atomic E-state index is 0. The van der Waals surface area contributed by atoms with E-state index in [0.29, 0.717) is 43.3 Å². The van der Waals surface area contributed by atoms with Gasteiger partial charge < -0.3 is 25.8 Å². The summed E-state index contributed by atoms with van der Waals surface area (Å²) in [6.07, 6.45) is 3.71. The third-order valence-electron chi connectivity index (χ3n) is 7.22. The van der Waals surface area contributed by atoms with Crippen LogP contribution in [-0.4, -0.2) is 65.4 Å². The third-order valence-corrected chi connectivity index (χ3v) is 7.48. The van der Waals surface area contributed by atoms with Crippen LogP contribution in [0.25, 0.3) is 22.2 Å². The number of hydrogen-bond donors (Lipinski definition) is 3. The van der Waals surface area contributed by atoms with Gasteiger partial charge in [0.05, 0.1) is 11.6 Å². The maximum Gasteiger partial charge on any atom is 0.248 e. The molecule has 0 bridgehead atoms. The zero-order valence-electron chi connectivity index (χ0n) is 23.0. The van der Waals surface area contributed by atoms with Crippen LogP contribution in [0.3, 0.4) is 0 Å². The number of aromatic nitrogens is 2. The number of halogens is 3. The second kappa shape index (κ2) is 14.0. The van der Waals surface area contributed by atoms with Crippen LogP contribution in [0.4, 0.5) is 5.69 Å². The first-order valence-corrected chi connectivity index (χ1v) is 13.6. The van der Waals surface area contributed by atoms with Gasteiger partial charge in [0, 0.05) is 72.7 Å². The van der Waals surface area contributed by atoms with Crippen molar-refractivity contribution in [2.75, 3.05) is 37.6 Å². The number of rotatable bonds is 8. The molecule has 8 nitrogen and oxygen atoms in total. The fourth-order valence-electron chi connectivity index (χ4n) is 5.15. The lowest BCUT2D eigenvalue weighted by atomic mass is 9.96. The van der Waals surface area contributed by atoms with E-state index in [0.717, 1.165) is 33.4 Å². The third kappa shape index (κ3) is 7.13. The molecular weight excluding hydrogens is 583 g/mol. The Hall–Kier alpha value is -3.30. The Balaban J connectivity index is 0.00000231. The molecule has 41 heavy (non-hydrogen) atoms. The van der Waals surface area contributed by atoms with Gasteiger partial charge in [-0.25, -0.2) is 4.98 Å². The van der Waals surface area contributed by atoms with Crippen LogP contribution in [0.2, 0.25) is 5.02 Å². The molecule has 2 amide bonds. The van der Waals surface area contributed by atoms with Crippen molar-refractivity contribution in [1.82, 2.24) is 20.2 Å². The Kier molecular flexibility index (Phi) is 11.0. The molecule has 11 heteroatoms. The standard InChI is InChI=1S/C30H33ClN6O2.2ClH/c1-19(2)34-18-26(20-6-8-23(31)9-7-20)30(39)37-14-12-36(13-15-37)27-24-10-11-33-29(24)35-17-25(27)21-4-3-5-22(16-21)28(32)38;;/h3-11,16-17,19,26,34H,12-15,18H2,1-2H3,(H2,32,38)(H,33,35);2*1H. The summed E-state index contributed by atoms with van der Waals surface area (Å²) in [7, 11) is 0. The van der Waals surface area contributed by atoms with E-state index in [2.05, 4.69) is 34.0 Å². The molecule has 2 aromatic carbocycles. The van der Waals surface area contributed by atoms with Gasteiger partial charge in [0.25, 0.3) is 0 Å². The van der Waals surface area contributed by atoms with Gasteiger partial charge in [0.15, 0.2) is 0 Å². The maximum atomic E-state index is 13.8. The van der Waals surface area contributed by atoms with E-state index in [-0.39, 0.29) is 42.7 Å². The van der Waals surface area contributed by atoms with Crippen molar-refractivity contribution in [3.63, 3.8) is 0 Å². The summed E-state index contributed by atoms with van der Waals surface area (Å²) in [5.41, 5.74) is 10.6. The van der Waals surface area contributed by atoms with Crippen molar-refractivity contribution in [3.8, 4) is 11.1 Å². The van der Waals surface area contributed by atoms with Crippen LogP contribution in [0.1, 0.15) is 35.7 Å². The molecule has 1 aliphatic heterocycles. The van der Waals surface area contributed by atoms with Crippen LogP contribution in [0, 0.1) is 0 Å². The van der Waals surface area contributed by atoms with E-state index in [1.165, 1.54) is 0 Å². The average molecular weight is 618 g/mol. The van der Waals surface area contributed by atoms with Gasteiger partial charge in [-0.3, -0.25) is 9.59 Å². The van der Waals surface area contributed by atoms with Crippen LogP contribution in [-0.2, 0) is 4.79 Å². The molecule has 2 aromatic heterocycles. The molecule has 1 saturated heterocycles. The second-order valence-corrected chi connectivity index (χ2v) is 10.6. The van der Waals surface area contributed by atoms with E-state index >= 15 is 0 Å². The number of carbonyl (C=O) groups is 2. The molecule has 5 rings (SSSR count). The van der Waals surface area contributed by atoms with Crippen molar-refractivity contribution < 1.29 is 9.59 Å². The van der Waals surface area contributed by atoms with Gasteiger partial charge in [-0.05, 0) is 41.5 Å². The van der Waals surface area contributed by atoms with E-state index in [1.54, 1.807) is 12.1 Å². The van der Waals surface area contributed by atoms with Crippen LogP contribution in [0.15, 0.2) is 67.0 Å². The van der Waals surface area contributed by atoms with E-state index in [4.69, 9.17) is 17.3 Å². The van der Waals surface area contributed by atoms with Crippen molar-refractivity contribution in [3.05, 3.63) is 83.1 Å². The molecule has 1 unspecified atom stereocenters. The number of aromatic amines is 1. The smallest absolute Gasteiger partial charge is 0.248 e. The monoisotopic (exact) mass is 616 g/mol. The number of nitrogens with zero attached hydrogens (tertiary/aromatic N) is 3. The summed E-state index contributed by atoms with van der Waals surface area (Å²) in [6.45, 7) is 7.25. The lowest BCUT2D eigenvalue weighted by Gasteiger charge is -2.38. The summed E-state index contributed by atoms with van der Waals surface area (Å²) >= 11 is 6.11. The van der Waals surface area contributed by atoms with E-state index in [1.807, 2.05) is 59.8 Å². The number of amides is 2. The van der Waals surface area contributed by atoms with Gasteiger partial charge in [-0.2, -0.15) is 0 Å². The molecule has 218 valence electrons. The lowest BCUT2D eigenvalue weighted by Crippen LogP contribution is -2.51. The Bertz CT molecular complexity index is 1480. The molecule has 0 radical (unpaired) electrons. The molecule has 1 atom stereocenters. The normalized spacial score (nSPS) is 14.0. The fourth-order valence-corrected chi connectivity index (χ4v) is 5.28. The van der Waals surface area contributed by atoms with Crippen molar-refractivity contribution in [2.45, 2.75) is 25.8 Å². The van der Waals surface area contributed by atoms with Gasteiger partial charge in [0.1, 0.15) is 5.65 Å². The largest absolute Gasteiger partial charge is 0.367 e. The summed E-state index contributed by atoms with van der Waals surface area (Å²) in [5.74, 6) is -0.648. The molecule has 0 saturated carbocycles. The highest BCUT2D eigenvalue weighted by Gasteiger charge is 2.30. The first-order valence-electron chi connectivity index (χ1n) is 13.2. The molecule has 4 N–H and O–H groups in total. The number of nitrogens with two attached hydrogens (primary N) is 1. The zero-order valence-corrected chi connectivity index (χ0v) is 25.4. The molecule has 0 aliphatic carbocycles. The number of piperazine rings is 1. The Labute approximate surface area is 257 Å². The van der Waals surface area contributed by atoms with Gasteiger partial charge in [-0.15, -0.1) is 24.8 Å². The number of nitrogens with one attached hydrogen (secondary N) is 2. The summed E-state index contributed by atoms with van der Waals surface area (Å²) < 4.78 is 0. The number of carbonyl (C=O) groups excluding carboxylic acids is 2. The quantitative estimate of drug-likeness (QED) is 0.250. The van der Waals surface area contributed by atoms with Crippen LogP contribution < -0.4 is 16.0 Å². The van der Waals surface area contributed by atoms with Crippen LogP contribution >= 0.6 is 36.4 Å². The van der Waals surface area contributed by atoms with Crippen molar-refractivity contribution in [1.29, 1.82) is 0 Å². The Morgan fingerprint density at radius 1 is 1.05 bits per heavy atom. The SMILES string of the molecule is CC(C)NCC(C(=O)N1CCN(c2c(-c3cccc(C(N)=O)c3)cnc3[nH]ccc23)CC1)c1ccc(Cl)cc1.Cl.Cl. The van der Waals surface area contributed by atoms with Crippen LogP contribution in [0.5, 0.6) is 0 Å². The second-order valence-electron chi connectivity index (χ2n) is 10.2. The van der Waals surface area contributed by atoms with Gasteiger partial charge in [-0.1, -0.05) is 49.7 Å². The first-order chi connectivity index (χ1) is 18.8. The Morgan fingerprint density at radius 3 is 2.41 bits per heavy atom. The number of anilines is 1. The summed E-state index contributed by atoms with van der Waals surface area (Å²) in [6, 6.07) is 17.2. The highest BCUT2D eigenvalue weighted by Crippen LogP contribution is 2.37. The maximum absolute atomic E-state index is 13.8. The Morgan fingerprint density at radius 2 is 1.76 bits per heavy atom. The van der Waals surface area contributed by atoms with Crippen molar-refractivity contribution in [2.24, 2.45) is 5.73 Å². The molecule has 1 aliphatic rings. The molecule has 4 aromatic rings. The number of benzene rings is 2. The van der Waals surface area contributed by atoms with Gasteiger partial charge >= 0.3 is 0 Å². The predicted molar refractivity (Wildman–Crippen MR) is 171 cm³/mol. The molecule has 0 spiro atoms. The summed E-state index contributed by atoms with van der Waals surface area (Å²) in [4.78, 5) is 37.7. The number of H-pyrrole nitrogens is 1. The molecule has 1 fully saturated rings. The summed E-state index contributed by atoms with van der Waals surface area (Å²) in [5, 5.41) is 5.09. The fraction of sp³-hybridized carbons (Fsp3) is 0.300. The lowest BCUT2D eigenvalue weighted by molar-refractivity contribution is -0.133. The number of fused-ring (bicyclic) bond motifs is 1.